The molecule has 1 saturated carbocycles. The molecule has 0 unspecified atom stereocenters. The summed E-state index contributed by atoms with van der Waals surface area (Å²) in [6.45, 7) is 2.09. The van der Waals surface area contributed by atoms with Crippen molar-refractivity contribution < 1.29 is 8.78 Å². The predicted molar refractivity (Wildman–Crippen MR) is 40.6 cm³/mol. The van der Waals surface area contributed by atoms with Gasteiger partial charge in [0.2, 0.25) is 0 Å². The Hall–Kier alpha value is -0.180. The molecule has 0 bridgehead atoms. The average molecular weight is 163 g/mol. The largest absolute Gasteiger partial charge is 0.320 e. The van der Waals surface area contributed by atoms with Gasteiger partial charge in [0.05, 0.1) is 5.54 Å². The van der Waals surface area contributed by atoms with Crippen LogP contribution >= 0.6 is 0 Å². The first-order valence-corrected chi connectivity index (χ1v) is 4.11. The van der Waals surface area contributed by atoms with Gasteiger partial charge in [-0.05, 0) is 31.6 Å². The quantitative estimate of drug-likeness (QED) is 0.629. The highest BCUT2D eigenvalue weighted by atomic mass is 19.3. The van der Waals surface area contributed by atoms with Crippen molar-refractivity contribution in [3.63, 3.8) is 0 Å². The van der Waals surface area contributed by atoms with Crippen LogP contribution in [-0.2, 0) is 0 Å². The number of nitrogens with two attached hydrogens (primary N) is 1. The van der Waals surface area contributed by atoms with E-state index in [-0.39, 0.29) is 0 Å². The second kappa shape index (κ2) is 3.05. The molecule has 0 aliphatic heterocycles. The molecule has 11 heavy (non-hydrogen) atoms. The predicted octanol–water partition coefficient (Wildman–Crippen LogP) is 2.16. The van der Waals surface area contributed by atoms with Crippen LogP contribution < -0.4 is 5.73 Å². The Balaban J connectivity index is 2.48. The van der Waals surface area contributed by atoms with Crippen LogP contribution in [-0.4, -0.2) is 12.0 Å². The Kier molecular flexibility index (Phi) is 2.47. The molecule has 1 fully saturated rings. The fraction of sp³-hybridized carbons (Fsp3) is 1.00. The van der Waals surface area contributed by atoms with Gasteiger partial charge in [-0.25, -0.2) is 8.78 Å². The molecule has 1 aliphatic rings. The molecule has 66 valence electrons. The van der Waals surface area contributed by atoms with Gasteiger partial charge < -0.3 is 5.73 Å². The maximum atomic E-state index is 12.3. The van der Waals surface area contributed by atoms with Gasteiger partial charge in [0.1, 0.15) is 0 Å². The molecule has 0 heterocycles. The summed E-state index contributed by atoms with van der Waals surface area (Å²) in [7, 11) is 0. The second-order valence-electron chi connectivity index (χ2n) is 3.72. The number of alkyl halides is 2. The van der Waals surface area contributed by atoms with Gasteiger partial charge in [0, 0.05) is 0 Å². The van der Waals surface area contributed by atoms with Gasteiger partial charge in [0.15, 0.2) is 0 Å². The lowest BCUT2D eigenvalue weighted by Gasteiger charge is -2.35. The van der Waals surface area contributed by atoms with Crippen molar-refractivity contribution in [2.45, 2.75) is 44.6 Å². The molecule has 0 spiro atoms. The molecule has 1 rings (SSSR count). The summed E-state index contributed by atoms with van der Waals surface area (Å²) < 4.78 is 24.6. The third kappa shape index (κ3) is 1.89. The van der Waals surface area contributed by atoms with E-state index in [1.165, 1.54) is 0 Å². The molecule has 0 radical (unpaired) electrons. The zero-order chi connectivity index (χ0) is 8.48. The van der Waals surface area contributed by atoms with Crippen molar-refractivity contribution in [2.75, 3.05) is 0 Å². The van der Waals surface area contributed by atoms with Crippen molar-refractivity contribution >= 4 is 0 Å². The summed E-state index contributed by atoms with van der Waals surface area (Å²) in [5, 5.41) is 0. The van der Waals surface area contributed by atoms with E-state index in [1.54, 1.807) is 0 Å². The highest BCUT2D eigenvalue weighted by Crippen LogP contribution is 2.33. The number of hydrogen-bond acceptors (Lipinski definition) is 1. The summed E-state index contributed by atoms with van der Waals surface area (Å²) in [4.78, 5) is 0. The van der Waals surface area contributed by atoms with Crippen LogP contribution in [0.15, 0.2) is 0 Å². The van der Waals surface area contributed by atoms with Crippen molar-refractivity contribution in [1.82, 2.24) is 0 Å². The third-order valence-corrected chi connectivity index (χ3v) is 2.64. The van der Waals surface area contributed by atoms with Crippen LogP contribution in [0.4, 0.5) is 8.78 Å². The van der Waals surface area contributed by atoms with E-state index in [0.29, 0.717) is 18.8 Å². The number of halogens is 2. The molecule has 1 aliphatic carbocycles. The minimum absolute atomic E-state index is 0.478. The molecule has 0 amide bonds. The smallest absolute Gasteiger partial charge is 0.256 e. The van der Waals surface area contributed by atoms with E-state index in [9.17, 15) is 8.78 Å². The minimum Gasteiger partial charge on any atom is -0.320 e. The van der Waals surface area contributed by atoms with Crippen LogP contribution in [0.1, 0.15) is 32.6 Å². The highest BCUT2D eigenvalue weighted by molar-refractivity contribution is 4.91. The van der Waals surface area contributed by atoms with Gasteiger partial charge in [-0.2, -0.15) is 0 Å². The van der Waals surface area contributed by atoms with E-state index in [0.717, 1.165) is 12.8 Å². The number of hydrogen-bond donors (Lipinski definition) is 1. The first-order valence-electron chi connectivity index (χ1n) is 4.11. The lowest BCUT2D eigenvalue weighted by atomic mass is 9.78. The first kappa shape index (κ1) is 8.91. The standard InChI is InChI=1S/C8H15F2N/c1-6-2-4-8(11,5-3-6)7(9)10/h6-7H,2-5,11H2,1H3. The SMILES string of the molecule is CC1CCC(N)(C(F)F)CC1. The van der Waals surface area contributed by atoms with Crippen LogP contribution in [0.3, 0.4) is 0 Å². The van der Waals surface area contributed by atoms with E-state index in [4.69, 9.17) is 5.73 Å². The zero-order valence-corrected chi connectivity index (χ0v) is 6.82. The van der Waals surface area contributed by atoms with Crippen LogP contribution in [0.5, 0.6) is 0 Å². The highest BCUT2D eigenvalue weighted by Gasteiger charge is 2.38. The topological polar surface area (TPSA) is 26.0 Å². The van der Waals surface area contributed by atoms with Crippen molar-refractivity contribution in [2.24, 2.45) is 11.7 Å². The Morgan fingerprint density at radius 2 is 1.82 bits per heavy atom. The van der Waals surface area contributed by atoms with Crippen molar-refractivity contribution in [3.05, 3.63) is 0 Å². The lowest BCUT2D eigenvalue weighted by Crippen LogP contribution is -2.49. The lowest BCUT2D eigenvalue weighted by molar-refractivity contribution is 0.0237. The maximum Gasteiger partial charge on any atom is 0.256 e. The van der Waals surface area contributed by atoms with Gasteiger partial charge >= 0.3 is 0 Å². The Morgan fingerprint density at radius 3 is 2.18 bits per heavy atom. The third-order valence-electron chi connectivity index (χ3n) is 2.64. The average Bonchev–Trinajstić information content (AvgIpc) is 1.95. The minimum atomic E-state index is -2.35. The monoisotopic (exact) mass is 163 g/mol. The second-order valence-corrected chi connectivity index (χ2v) is 3.72. The summed E-state index contributed by atoms with van der Waals surface area (Å²) in [5.41, 5.74) is 4.34. The van der Waals surface area contributed by atoms with Gasteiger partial charge in [0.25, 0.3) is 6.43 Å². The Bertz CT molecular complexity index is 128. The van der Waals surface area contributed by atoms with E-state index in [2.05, 4.69) is 6.92 Å². The van der Waals surface area contributed by atoms with Gasteiger partial charge in [-0.3, -0.25) is 0 Å². The van der Waals surface area contributed by atoms with Crippen LogP contribution in [0.25, 0.3) is 0 Å². The maximum absolute atomic E-state index is 12.3. The van der Waals surface area contributed by atoms with Gasteiger partial charge in [-0.15, -0.1) is 0 Å². The fourth-order valence-electron chi connectivity index (χ4n) is 1.52. The molecular formula is C8H15F2N. The van der Waals surface area contributed by atoms with Crippen LogP contribution in [0.2, 0.25) is 0 Å². The number of rotatable bonds is 1. The fourth-order valence-corrected chi connectivity index (χ4v) is 1.52. The molecule has 0 aromatic rings. The van der Waals surface area contributed by atoms with E-state index >= 15 is 0 Å². The molecule has 0 aromatic carbocycles. The molecule has 0 aromatic heterocycles. The van der Waals surface area contributed by atoms with Crippen molar-refractivity contribution in [1.29, 1.82) is 0 Å². The van der Waals surface area contributed by atoms with E-state index < -0.39 is 12.0 Å². The Morgan fingerprint density at radius 1 is 1.36 bits per heavy atom. The Labute approximate surface area is 66.0 Å². The van der Waals surface area contributed by atoms with E-state index in [1.807, 2.05) is 0 Å². The first-order chi connectivity index (χ1) is 5.04. The molecule has 3 heteroatoms. The molecule has 0 atom stereocenters. The van der Waals surface area contributed by atoms with Crippen LogP contribution in [0, 0.1) is 5.92 Å². The molecule has 0 saturated heterocycles. The normalized spacial score (nSPS) is 39.5. The summed E-state index contributed by atoms with van der Waals surface area (Å²) in [6.07, 6.45) is 0.300. The molecule has 2 N–H and O–H groups in total. The molecule has 1 nitrogen and oxygen atoms in total. The summed E-state index contributed by atoms with van der Waals surface area (Å²) in [6, 6.07) is 0. The summed E-state index contributed by atoms with van der Waals surface area (Å²) >= 11 is 0. The summed E-state index contributed by atoms with van der Waals surface area (Å²) in [5.74, 6) is 0.574. The zero-order valence-electron chi connectivity index (χ0n) is 6.82. The van der Waals surface area contributed by atoms with Crippen molar-refractivity contribution in [3.8, 4) is 0 Å². The molecular weight excluding hydrogens is 148 g/mol. The van der Waals surface area contributed by atoms with Gasteiger partial charge in [-0.1, -0.05) is 6.92 Å².